The topological polar surface area (TPSA) is 56.3 Å². The van der Waals surface area contributed by atoms with E-state index in [4.69, 9.17) is 9.47 Å². The van der Waals surface area contributed by atoms with Gasteiger partial charge in [0.25, 0.3) is 0 Å². The van der Waals surface area contributed by atoms with Gasteiger partial charge in [-0.2, -0.15) is 4.98 Å². The van der Waals surface area contributed by atoms with Gasteiger partial charge in [0.2, 0.25) is 5.88 Å². The fourth-order valence-electron chi connectivity index (χ4n) is 2.42. The number of anilines is 1. The van der Waals surface area contributed by atoms with Crippen molar-refractivity contribution in [1.82, 2.24) is 9.97 Å². The van der Waals surface area contributed by atoms with Crippen molar-refractivity contribution in [2.24, 2.45) is 0 Å². The fraction of sp³-hybridized carbons (Fsp3) is 0.714. The van der Waals surface area contributed by atoms with Gasteiger partial charge in [0, 0.05) is 26.1 Å². The second kappa shape index (κ2) is 7.69. The molecular formula is C14H23N3O2S. The van der Waals surface area contributed by atoms with Crippen LogP contribution < -0.4 is 10.1 Å². The van der Waals surface area contributed by atoms with E-state index in [1.165, 1.54) is 11.8 Å². The maximum Gasteiger partial charge on any atom is 0.219 e. The highest BCUT2D eigenvalue weighted by Crippen LogP contribution is 2.26. The van der Waals surface area contributed by atoms with Gasteiger partial charge in [-0.1, -0.05) is 11.8 Å². The molecule has 0 radical (unpaired) electrons. The molecule has 1 N–H and O–H groups in total. The molecule has 2 unspecified atom stereocenters. The van der Waals surface area contributed by atoms with Crippen molar-refractivity contribution in [3.63, 3.8) is 0 Å². The van der Waals surface area contributed by atoms with Gasteiger partial charge in [0.15, 0.2) is 5.16 Å². The van der Waals surface area contributed by atoms with E-state index in [9.17, 15) is 0 Å². The summed E-state index contributed by atoms with van der Waals surface area (Å²) in [7, 11) is 1.77. The minimum Gasteiger partial charge on any atom is -0.474 e. The maximum absolute atomic E-state index is 6.03. The monoisotopic (exact) mass is 297 g/mol. The Balaban J connectivity index is 2.05. The summed E-state index contributed by atoms with van der Waals surface area (Å²) in [5.41, 5.74) is 0. The zero-order chi connectivity index (χ0) is 14.4. The number of ether oxygens (including phenoxy) is 2. The van der Waals surface area contributed by atoms with Crippen molar-refractivity contribution in [2.75, 3.05) is 25.2 Å². The molecule has 0 amide bonds. The van der Waals surface area contributed by atoms with Gasteiger partial charge in [0.1, 0.15) is 11.9 Å². The molecular weight excluding hydrogens is 274 g/mol. The molecule has 2 rings (SSSR count). The lowest BCUT2D eigenvalue weighted by atomic mass is 9.95. The first-order valence-corrected chi connectivity index (χ1v) is 8.34. The Hall–Kier alpha value is -1.01. The van der Waals surface area contributed by atoms with E-state index in [-0.39, 0.29) is 6.10 Å². The number of methoxy groups -OCH3 is 1. The van der Waals surface area contributed by atoms with E-state index in [1.807, 2.05) is 19.2 Å². The molecule has 0 aliphatic heterocycles. The summed E-state index contributed by atoms with van der Waals surface area (Å²) in [6.45, 7) is 2.88. The number of hydrogen-bond acceptors (Lipinski definition) is 6. The highest BCUT2D eigenvalue weighted by atomic mass is 32.2. The van der Waals surface area contributed by atoms with Crippen molar-refractivity contribution in [2.45, 2.75) is 50.0 Å². The van der Waals surface area contributed by atoms with E-state index >= 15 is 0 Å². The van der Waals surface area contributed by atoms with Crippen LogP contribution in [0.3, 0.4) is 0 Å². The van der Waals surface area contributed by atoms with Crippen LogP contribution in [-0.2, 0) is 4.74 Å². The molecule has 6 heteroatoms. The number of rotatable bonds is 6. The lowest BCUT2D eigenvalue weighted by Gasteiger charge is -2.28. The molecule has 1 aromatic heterocycles. The van der Waals surface area contributed by atoms with E-state index in [0.29, 0.717) is 12.0 Å². The van der Waals surface area contributed by atoms with Gasteiger partial charge >= 0.3 is 0 Å². The minimum atomic E-state index is 0.188. The molecule has 1 heterocycles. The summed E-state index contributed by atoms with van der Waals surface area (Å²) in [4.78, 5) is 8.83. The summed E-state index contributed by atoms with van der Waals surface area (Å²) >= 11 is 1.52. The molecule has 112 valence electrons. The van der Waals surface area contributed by atoms with Crippen molar-refractivity contribution in [3.8, 4) is 5.88 Å². The second-order valence-electron chi connectivity index (χ2n) is 4.87. The van der Waals surface area contributed by atoms with Crippen LogP contribution in [0.1, 0.15) is 32.6 Å². The zero-order valence-electron chi connectivity index (χ0n) is 12.4. The van der Waals surface area contributed by atoms with Gasteiger partial charge in [-0.15, -0.1) is 0 Å². The zero-order valence-corrected chi connectivity index (χ0v) is 13.2. The number of nitrogens with zero attached hydrogens (tertiary/aromatic N) is 2. The Morgan fingerprint density at radius 1 is 1.35 bits per heavy atom. The van der Waals surface area contributed by atoms with Gasteiger partial charge in [0.05, 0.1) is 6.10 Å². The summed E-state index contributed by atoms with van der Waals surface area (Å²) in [6.07, 6.45) is 6.73. The summed E-state index contributed by atoms with van der Waals surface area (Å²) in [6, 6.07) is 1.87. The van der Waals surface area contributed by atoms with Crippen molar-refractivity contribution in [1.29, 1.82) is 0 Å². The van der Waals surface area contributed by atoms with Crippen LogP contribution >= 0.6 is 11.8 Å². The van der Waals surface area contributed by atoms with Crippen LogP contribution in [-0.4, -0.2) is 42.1 Å². The molecule has 1 saturated carbocycles. The number of aromatic nitrogens is 2. The standard InChI is InChI=1S/C14H23N3O2S/c1-4-15-12-9-13(17-14(16-12)20-3)19-11-7-5-6-10(8-11)18-2/h9-11H,4-8H2,1-3H3,(H,15,16,17). The predicted molar refractivity (Wildman–Crippen MR) is 81.7 cm³/mol. The summed E-state index contributed by atoms with van der Waals surface area (Å²) < 4.78 is 11.5. The largest absolute Gasteiger partial charge is 0.474 e. The van der Waals surface area contributed by atoms with Crippen LogP contribution in [0.4, 0.5) is 5.82 Å². The molecule has 0 spiro atoms. The van der Waals surface area contributed by atoms with E-state index in [0.717, 1.165) is 43.2 Å². The average Bonchev–Trinajstić information content (AvgIpc) is 2.47. The minimum absolute atomic E-state index is 0.188. The van der Waals surface area contributed by atoms with Gasteiger partial charge in [-0.3, -0.25) is 0 Å². The highest BCUT2D eigenvalue weighted by molar-refractivity contribution is 7.98. The molecule has 1 fully saturated rings. The molecule has 1 aromatic rings. The number of thioether (sulfide) groups is 1. The Kier molecular flexibility index (Phi) is 5.91. The molecule has 5 nitrogen and oxygen atoms in total. The third-order valence-corrected chi connectivity index (χ3v) is 3.97. The molecule has 0 saturated heterocycles. The second-order valence-corrected chi connectivity index (χ2v) is 5.65. The lowest BCUT2D eigenvalue weighted by Crippen LogP contribution is -2.29. The fourth-order valence-corrected chi connectivity index (χ4v) is 2.79. The molecule has 2 atom stereocenters. The first-order chi connectivity index (χ1) is 9.75. The molecule has 20 heavy (non-hydrogen) atoms. The SMILES string of the molecule is CCNc1cc(OC2CCCC(OC)C2)nc(SC)n1. The van der Waals surface area contributed by atoms with Gasteiger partial charge in [-0.25, -0.2) is 4.98 Å². The smallest absolute Gasteiger partial charge is 0.219 e. The Labute approximate surface area is 124 Å². The highest BCUT2D eigenvalue weighted by Gasteiger charge is 2.23. The van der Waals surface area contributed by atoms with Crippen LogP contribution in [0.5, 0.6) is 5.88 Å². The Morgan fingerprint density at radius 3 is 2.85 bits per heavy atom. The quantitative estimate of drug-likeness (QED) is 0.643. The van der Waals surface area contributed by atoms with Crippen LogP contribution in [0, 0.1) is 0 Å². The normalized spacial score (nSPS) is 22.6. The number of nitrogens with one attached hydrogen (secondary N) is 1. The Morgan fingerprint density at radius 2 is 2.15 bits per heavy atom. The number of hydrogen-bond donors (Lipinski definition) is 1. The molecule has 0 bridgehead atoms. The lowest BCUT2D eigenvalue weighted by molar-refractivity contribution is 0.0193. The molecule has 1 aliphatic rings. The first kappa shape index (κ1) is 15.4. The van der Waals surface area contributed by atoms with Crippen LogP contribution in [0.25, 0.3) is 0 Å². The summed E-state index contributed by atoms with van der Waals surface area (Å²) in [5.74, 6) is 1.48. The molecule has 1 aliphatic carbocycles. The average molecular weight is 297 g/mol. The maximum atomic E-state index is 6.03. The van der Waals surface area contributed by atoms with Crippen LogP contribution in [0.15, 0.2) is 11.2 Å². The predicted octanol–water partition coefficient (Wildman–Crippen LogP) is 2.97. The van der Waals surface area contributed by atoms with Gasteiger partial charge < -0.3 is 14.8 Å². The van der Waals surface area contributed by atoms with Crippen molar-refractivity contribution in [3.05, 3.63) is 6.07 Å². The van der Waals surface area contributed by atoms with Crippen molar-refractivity contribution >= 4 is 17.6 Å². The molecule has 0 aromatic carbocycles. The third-order valence-electron chi connectivity index (χ3n) is 3.42. The summed E-state index contributed by atoms with van der Waals surface area (Å²) in [5, 5.41) is 3.94. The van der Waals surface area contributed by atoms with Crippen LogP contribution in [0.2, 0.25) is 0 Å². The van der Waals surface area contributed by atoms with E-state index in [1.54, 1.807) is 7.11 Å². The Bertz CT molecular complexity index is 431. The van der Waals surface area contributed by atoms with Crippen molar-refractivity contribution < 1.29 is 9.47 Å². The van der Waals surface area contributed by atoms with E-state index in [2.05, 4.69) is 15.3 Å². The first-order valence-electron chi connectivity index (χ1n) is 7.11. The third kappa shape index (κ3) is 4.24. The van der Waals surface area contributed by atoms with Gasteiger partial charge in [-0.05, 0) is 32.4 Å². The van der Waals surface area contributed by atoms with E-state index < -0.39 is 0 Å².